The highest BCUT2D eigenvalue weighted by Crippen LogP contribution is 2.29. The van der Waals surface area contributed by atoms with Crippen molar-refractivity contribution in [1.82, 2.24) is 9.88 Å². The second-order valence-corrected chi connectivity index (χ2v) is 10.0. The molecule has 182 valence electrons. The van der Waals surface area contributed by atoms with E-state index in [-0.39, 0.29) is 24.1 Å². The number of pyridine rings is 1. The third-order valence-corrected chi connectivity index (χ3v) is 6.32. The number of nitrogens with zero attached hydrogens (tertiary/aromatic N) is 1. The van der Waals surface area contributed by atoms with Gasteiger partial charge >= 0.3 is 6.09 Å². The standard InChI is InChI=1S/C26H38FN3O3/c1-6-19(7-2)30-16-17(15-28-25(32)33-26(3,4)5)24(31)20-13-21(27)22(14-23(20)30)29-18-11-9-8-10-12-18/h13-14,16,18-19,29H,6-12,15H2,1-5H3,(H,28,32). The second-order valence-electron chi connectivity index (χ2n) is 10.0. The van der Waals surface area contributed by atoms with Crippen LogP contribution >= 0.6 is 0 Å². The van der Waals surface area contributed by atoms with Crippen LogP contribution < -0.4 is 16.1 Å². The SMILES string of the molecule is CCC(CC)n1cc(CNC(=O)OC(C)(C)C)c(=O)c2cc(F)c(NC3CCCCC3)cc21. The van der Waals surface area contributed by atoms with Crippen molar-refractivity contribution in [2.45, 2.75) is 104 Å². The third kappa shape index (κ3) is 6.27. The molecule has 0 saturated heterocycles. The Morgan fingerprint density at radius 1 is 1.18 bits per heavy atom. The number of halogens is 1. The number of fused-ring (bicyclic) bond motifs is 1. The minimum Gasteiger partial charge on any atom is -0.444 e. The van der Waals surface area contributed by atoms with Crippen LogP contribution in [0.15, 0.2) is 23.1 Å². The summed E-state index contributed by atoms with van der Waals surface area (Å²) in [7, 11) is 0. The molecule has 1 saturated carbocycles. The van der Waals surface area contributed by atoms with Crippen molar-refractivity contribution >= 4 is 22.7 Å². The topological polar surface area (TPSA) is 72.4 Å². The number of ether oxygens (including phenoxy) is 1. The number of amides is 1. The molecule has 1 aromatic carbocycles. The number of benzene rings is 1. The third-order valence-electron chi connectivity index (χ3n) is 6.32. The zero-order chi connectivity index (χ0) is 24.2. The van der Waals surface area contributed by atoms with Crippen molar-refractivity contribution < 1.29 is 13.9 Å². The molecule has 1 aliphatic rings. The van der Waals surface area contributed by atoms with E-state index in [0.717, 1.165) is 44.0 Å². The molecule has 0 spiro atoms. The number of carbonyl (C=O) groups excluding carboxylic acids is 1. The summed E-state index contributed by atoms with van der Waals surface area (Å²) in [6.45, 7) is 9.57. The summed E-state index contributed by atoms with van der Waals surface area (Å²) in [5.74, 6) is -0.418. The van der Waals surface area contributed by atoms with Crippen LogP contribution in [0.1, 0.15) is 91.2 Å². The smallest absolute Gasteiger partial charge is 0.407 e. The number of anilines is 1. The average molecular weight is 460 g/mol. The van der Waals surface area contributed by atoms with Crippen molar-refractivity contribution in [3.05, 3.63) is 39.9 Å². The molecule has 6 nitrogen and oxygen atoms in total. The lowest BCUT2D eigenvalue weighted by molar-refractivity contribution is 0.0523. The molecule has 33 heavy (non-hydrogen) atoms. The molecular formula is C26H38FN3O3. The molecule has 7 heteroatoms. The van der Waals surface area contributed by atoms with Crippen LogP contribution in [0.5, 0.6) is 0 Å². The summed E-state index contributed by atoms with van der Waals surface area (Å²) >= 11 is 0. The molecule has 3 rings (SSSR count). The fraction of sp³-hybridized carbons (Fsp3) is 0.615. The van der Waals surface area contributed by atoms with Gasteiger partial charge in [0.25, 0.3) is 0 Å². The summed E-state index contributed by atoms with van der Waals surface area (Å²) in [5, 5.41) is 6.37. The average Bonchev–Trinajstić information content (AvgIpc) is 2.76. The van der Waals surface area contributed by atoms with Crippen LogP contribution in [-0.2, 0) is 11.3 Å². The van der Waals surface area contributed by atoms with Gasteiger partial charge < -0.3 is 19.9 Å². The lowest BCUT2D eigenvalue weighted by atomic mass is 9.95. The largest absolute Gasteiger partial charge is 0.444 e. The van der Waals surface area contributed by atoms with E-state index in [9.17, 15) is 9.59 Å². The predicted molar refractivity (Wildman–Crippen MR) is 131 cm³/mol. The second kappa shape index (κ2) is 10.6. The van der Waals surface area contributed by atoms with Gasteiger partial charge in [-0.2, -0.15) is 0 Å². The van der Waals surface area contributed by atoms with Gasteiger partial charge in [0.05, 0.1) is 17.7 Å². The summed E-state index contributed by atoms with van der Waals surface area (Å²) in [5.41, 5.74) is 0.676. The number of carbonyl (C=O) groups is 1. The number of rotatable bonds is 7. The molecular weight excluding hydrogens is 421 g/mol. The molecule has 1 aromatic heterocycles. The zero-order valence-electron chi connectivity index (χ0n) is 20.6. The summed E-state index contributed by atoms with van der Waals surface area (Å²) < 4.78 is 22.4. The van der Waals surface area contributed by atoms with Crippen LogP contribution in [0.4, 0.5) is 14.9 Å². The molecule has 0 radical (unpaired) electrons. The zero-order valence-corrected chi connectivity index (χ0v) is 20.6. The lowest BCUT2D eigenvalue weighted by Gasteiger charge is -2.26. The Kier molecular flexibility index (Phi) is 8.03. The normalized spacial score (nSPS) is 15.1. The Morgan fingerprint density at radius 3 is 2.45 bits per heavy atom. The van der Waals surface area contributed by atoms with Gasteiger partial charge in [-0.05, 0) is 58.6 Å². The van der Waals surface area contributed by atoms with Gasteiger partial charge in [-0.1, -0.05) is 33.1 Å². The number of hydrogen-bond donors (Lipinski definition) is 2. The minimum atomic E-state index is -0.631. The minimum absolute atomic E-state index is 0.0214. The monoisotopic (exact) mass is 459 g/mol. The molecule has 1 fully saturated rings. The maximum Gasteiger partial charge on any atom is 0.407 e. The maximum absolute atomic E-state index is 15.1. The van der Waals surface area contributed by atoms with E-state index in [1.54, 1.807) is 26.8 Å². The molecule has 0 atom stereocenters. The Labute approximate surface area is 195 Å². The van der Waals surface area contributed by atoms with Crippen LogP contribution in [0.2, 0.25) is 0 Å². The fourth-order valence-electron chi connectivity index (χ4n) is 4.60. The summed E-state index contributed by atoms with van der Waals surface area (Å²) in [6, 6.07) is 3.54. The predicted octanol–water partition coefficient (Wildman–Crippen LogP) is 6.27. The first-order chi connectivity index (χ1) is 15.6. The van der Waals surface area contributed by atoms with E-state index in [4.69, 9.17) is 4.74 Å². The Bertz CT molecular complexity index is 1030. The fourth-order valence-corrected chi connectivity index (χ4v) is 4.60. The molecule has 1 amide bonds. The van der Waals surface area contributed by atoms with Crippen LogP contribution in [-0.4, -0.2) is 22.3 Å². The van der Waals surface area contributed by atoms with E-state index in [1.165, 1.54) is 12.5 Å². The summed E-state index contributed by atoms with van der Waals surface area (Å²) in [4.78, 5) is 25.4. The molecule has 1 aliphatic carbocycles. The van der Waals surface area contributed by atoms with Crippen molar-refractivity contribution in [3.8, 4) is 0 Å². The molecule has 1 heterocycles. The Morgan fingerprint density at radius 2 is 1.85 bits per heavy atom. The molecule has 0 unspecified atom stereocenters. The van der Waals surface area contributed by atoms with Crippen molar-refractivity contribution in [2.75, 3.05) is 5.32 Å². The first-order valence-electron chi connectivity index (χ1n) is 12.2. The summed E-state index contributed by atoms with van der Waals surface area (Å²) in [6.07, 6.45) is 8.56. The van der Waals surface area contributed by atoms with E-state index in [0.29, 0.717) is 16.6 Å². The van der Waals surface area contributed by atoms with Crippen molar-refractivity contribution in [3.63, 3.8) is 0 Å². The Hall–Kier alpha value is -2.57. The van der Waals surface area contributed by atoms with Crippen LogP contribution in [0.3, 0.4) is 0 Å². The van der Waals surface area contributed by atoms with E-state index in [1.807, 2.05) is 6.20 Å². The Balaban J connectivity index is 2.00. The van der Waals surface area contributed by atoms with Crippen LogP contribution in [0, 0.1) is 5.82 Å². The molecule has 2 N–H and O–H groups in total. The highest BCUT2D eigenvalue weighted by Gasteiger charge is 2.21. The van der Waals surface area contributed by atoms with Gasteiger partial charge in [0.2, 0.25) is 0 Å². The maximum atomic E-state index is 15.1. The highest BCUT2D eigenvalue weighted by molar-refractivity contribution is 5.84. The highest BCUT2D eigenvalue weighted by atomic mass is 19.1. The number of aromatic nitrogens is 1. The lowest BCUT2D eigenvalue weighted by Crippen LogP contribution is -2.33. The molecule has 2 aromatic rings. The van der Waals surface area contributed by atoms with Gasteiger partial charge in [0.15, 0.2) is 5.43 Å². The van der Waals surface area contributed by atoms with E-state index < -0.39 is 17.5 Å². The number of alkyl carbamates (subject to hydrolysis) is 1. The molecule has 0 aliphatic heterocycles. The number of nitrogens with one attached hydrogen (secondary N) is 2. The first-order valence-corrected chi connectivity index (χ1v) is 12.2. The van der Waals surface area contributed by atoms with Gasteiger partial charge in [0, 0.05) is 29.2 Å². The first kappa shape index (κ1) is 25.1. The van der Waals surface area contributed by atoms with E-state index >= 15 is 4.39 Å². The quantitative estimate of drug-likeness (QED) is 0.512. The van der Waals surface area contributed by atoms with Crippen molar-refractivity contribution in [2.24, 2.45) is 0 Å². The van der Waals surface area contributed by atoms with Crippen LogP contribution in [0.25, 0.3) is 10.9 Å². The number of hydrogen-bond acceptors (Lipinski definition) is 4. The van der Waals surface area contributed by atoms with Gasteiger partial charge in [-0.15, -0.1) is 0 Å². The van der Waals surface area contributed by atoms with Gasteiger partial charge in [-0.25, -0.2) is 9.18 Å². The van der Waals surface area contributed by atoms with Gasteiger partial charge in [0.1, 0.15) is 11.4 Å². The van der Waals surface area contributed by atoms with Gasteiger partial charge in [-0.3, -0.25) is 4.79 Å². The van der Waals surface area contributed by atoms with E-state index in [2.05, 4.69) is 29.0 Å². The van der Waals surface area contributed by atoms with Crippen molar-refractivity contribution in [1.29, 1.82) is 0 Å². The molecule has 0 bridgehead atoms.